The van der Waals surface area contributed by atoms with Crippen LogP contribution in [0, 0.1) is 10.1 Å². The normalized spacial score (nSPS) is 10.6. The van der Waals surface area contributed by atoms with Crippen LogP contribution in [0.15, 0.2) is 58.9 Å². The maximum atomic E-state index is 12.0. The molecular formula is C18H16N4O3S3. The molecule has 0 bridgehead atoms. The van der Waals surface area contributed by atoms with Crippen LogP contribution in [0.25, 0.3) is 0 Å². The molecule has 28 heavy (non-hydrogen) atoms. The van der Waals surface area contributed by atoms with E-state index >= 15 is 0 Å². The fourth-order valence-electron chi connectivity index (χ4n) is 2.21. The number of nitro benzene ring substituents is 1. The summed E-state index contributed by atoms with van der Waals surface area (Å²) in [6.45, 7) is 0. The minimum absolute atomic E-state index is 0.0660. The van der Waals surface area contributed by atoms with E-state index in [9.17, 15) is 14.9 Å². The lowest BCUT2D eigenvalue weighted by Crippen LogP contribution is -2.13. The highest BCUT2D eigenvalue weighted by atomic mass is 32.2. The van der Waals surface area contributed by atoms with Gasteiger partial charge in [0.25, 0.3) is 5.69 Å². The molecule has 0 aliphatic heterocycles. The molecule has 0 aliphatic carbocycles. The first kappa shape index (κ1) is 20.3. The summed E-state index contributed by atoms with van der Waals surface area (Å²) in [4.78, 5) is 22.4. The zero-order valence-electron chi connectivity index (χ0n) is 14.6. The SMILES string of the molecule is O=C(CSCc1ccccc1)Nc1nnc(SCc2cccc([N+](=O)[O-])c2)s1. The molecule has 1 N–H and O–H groups in total. The van der Waals surface area contributed by atoms with E-state index in [2.05, 4.69) is 15.5 Å². The van der Waals surface area contributed by atoms with E-state index in [1.807, 2.05) is 36.4 Å². The number of benzene rings is 2. The second kappa shape index (κ2) is 10.2. The molecule has 0 saturated heterocycles. The number of nitrogens with zero attached hydrogens (tertiary/aromatic N) is 3. The lowest BCUT2D eigenvalue weighted by Gasteiger charge is -2.02. The number of amides is 1. The van der Waals surface area contributed by atoms with E-state index < -0.39 is 4.92 Å². The number of anilines is 1. The lowest BCUT2D eigenvalue weighted by atomic mass is 10.2. The van der Waals surface area contributed by atoms with Crippen molar-refractivity contribution in [3.63, 3.8) is 0 Å². The maximum absolute atomic E-state index is 12.0. The third-order valence-corrected chi connectivity index (χ3v) is 6.53. The van der Waals surface area contributed by atoms with Gasteiger partial charge in [0.05, 0.1) is 10.7 Å². The second-order valence-electron chi connectivity index (χ2n) is 5.62. The molecule has 1 aromatic heterocycles. The summed E-state index contributed by atoms with van der Waals surface area (Å²) in [6.07, 6.45) is 0. The predicted octanol–water partition coefficient (Wildman–Crippen LogP) is 4.61. The van der Waals surface area contributed by atoms with Crippen LogP contribution < -0.4 is 5.32 Å². The van der Waals surface area contributed by atoms with Gasteiger partial charge in [-0.1, -0.05) is 65.6 Å². The van der Waals surface area contributed by atoms with Crippen molar-refractivity contribution in [2.75, 3.05) is 11.1 Å². The minimum atomic E-state index is -0.414. The van der Waals surface area contributed by atoms with Gasteiger partial charge in [-0.2, -0.15) is 0 Å². The number of nitrogens with one attached hydrogen (secondary N) is 1. The molecule has 0 aliphatic rings. The van der Waals surface area contributed by atoms with E-state index in [1.165, 1.54) is 46.5 Å². The smallest absolute Gasteiger partial charge is 0.269 e. The second-order valence-corrected chi connectivity index (χ2v) is 8.80. The number of hydrogen-bond acceptors (Lipinski definition) is 8. The van der Waals surface area contributed by atoms with Gasteiger partial charge in [-0.25, -0.2) is 0 Å². The standard InChI is InChI=1S/C18H16N4O3S3/c23-16(12-26-10-13-5-2-1-3-6-13)19-17-20-21-18(28-17)27-11-14-7-4-8-15(9-14)22(24)25/h1-9H,10-12H2,(H,19,20,23). The molecule has 0 atom stereocenters. The Labute approximate surface area is 174 Å². The van der Waals surface area contributed by atoms with Gasteiger partial charge >= 0.3 is 0 Å². The van der Waals surface area contributed by atoms with Crippen LogP contribution >= 0.6 is 34.9 Å². The van der Waals surface area contributed by atoms with Crippen LogP contribution in [-0.4, -0.2) is 26.8 Å². The molecule has 10 heteroatoms. The van der Waals surface area contributed by atoms with Gasteiger partial charge in [-0.05, 0) is 11.1 Å². The molecule has 7 nitrogen and oxygen atoms in total. The Hall–Kier alpha value is -2.43. The molecule has 144 valence electrons. The molecule has 1 amide bonds. The summed E-state index contributed by atoms with van der Waals surface area (Å²) in [5.41, 5.74) is 2.07. The largest absolute Gasteiger partial charge is 0.300 e. The van der Waals surface area contributed by atoms with Crippen molar-refractivity contribution in [2.24, 2.45) is 0 Å². The van der Waals surface area contributed by atoms with Crippen LogP contribution in [0.3, 0.4) is 0 Å². The summed E-state index contributed by atoms with van der Waals surface area (Å²) in [5.74, 6) is 1.53. The highest BCUT2D eigenvalue weighted by Crippen LogP contribution is 2.29. The fraction of sp³-hybridized carbons (Fsp3) is 0.167. The molecule has 0 saturated carbocycles. The molecule has 3 rings (SSSR count). The van der Waals surface area contributed by atoms with Gasteiger partial charge in [-0.15, -0.1) is 22.0 Å². The molecule has 0 spiro atoms. The van der Waals surface area contributed by atoms with Crippen molar-refractivity contribution in [1.29, 1.82) is 0 Å². The Morgan fingerprint density at radius 1 is 1.07 bits per heavy atom. The van der Waals surface area contributed by atoms with Crippen LogP contribution in [0.1, 0.15) is 11.1 Å². The van der Waals surface area contributed by atoms with Crippen molar-refractivity contribution in [3.8, 4) is 0 Å². The lowest BCUT2D eigenvalue weighted by molar-refractivity contribution is -0.384. The number of thioether (sulfide) groups is 2. The zero-order valence-corrected chi connectivity index (χ0v) is 17.1. The van der Waals surface area contributed by atoms with E-state index in [0.717, 1.165) is 11.3 Å². The van der Waals surface area contributed by atoms with Crippen molar-refractivity contribution in [1.82, 2.24) is 10.2 Å². The maximum Gasteiger partial charge on any atom is 0.269 e. The Balaban J connectivity index is 1.44. The number of hydrogen-bond donors (Lipinski definition) is 1. The highest BCUT2D eigenvalue weighted by molar-refractivity contribution is 8.00. The summed E-state index contributed by atoms with van der Waals surface area (Å²) < 4.78 is 0.693. The third kappa shape index (κ3) is 6.32. The number of nitro groups is 1. The van der Waals surface area contributed by atoms with Crippen LogP contribution in [0.4, 0.5) is 10.8 Å². The van der Waals surface area contributed by atoms with Crippen LogP contribution in [-0.2, 0) is 16.3 Å². The molecule has 2 aromatic carbocycles. The summed E-state index contributed by atoms with van der Waals surface area (Å²) >= 11 is 4.25. The molecular weight excluding hydrogens is 416 g/mol. The van der Waals surface area contributed by atoms with Gasteiger partial charge in [0.1, 0.15) is 0 Å². The average Bonchev–Trinajstić information content (AvgIpc) is 3.14. The Morgan fingerprint density at radius 2 is 1.86 bits per heavy atom. The monoisotopic (exact) mass is 432 g/mol. The molecule has 0 unspecified atom stereocenters. The van der Waals surface area contributed by atoms with Crippen LogP contribution in [0.2, 0.25) is 0 Å². The van der Waals surface area contributed by atoms with Gasteiger partial charge in [-0.3, -0.25) is 20.2 Å². The number of non-ortho nitro benzene ring substituents is 1. The van der Waals surface area contributed by atoms with Crippen molar-refractivity contribution >= 4 is 51.6 Å². The summed E-state index contributed by atoms with van der Waals surface area (Å²) in [7, 11) is 0. The Bertz CT molecular complexity index is 950. The molecule has 0 fully saturated rings. The third-order valence-electron chi connectivity index (χ3n) is 3.48. The van der Waals surface area contributed by atoms with Crippen molar-refractivity contribution in [3.05, 3.63) is 75.8 Å². The van der Waals surface area contributed by atoms with E-state index in [1.54, 1.807) is 12.1 Å². The summed E-state index contributed by atoms with van der Waals surface area (Å²) in [6, 6.07) is 16.5. The van der Waals surface area contributed by atoms with Gasteiger partial charge < -0.3 is 0 Å². The number of carbonyl (C=O) groups excluding carboxylic acids is 1. The highest BCUT2D eigenvalue weighted by Gasteiger charge is 2.10. The van der Waals surface area contributed by atoms with E-state index in [4.69, 9.17) is 0 Å². The Kier molecular flexibility index (Phi) is 7.40. The average molecular weight is 433 g/mol. The molecule has 1 heterocycles. The first-order chi connectivity index (χ1) is 13.6. The van der Waals surface area contributed by atoms with Gasteiger partial charge in [0.15, 0.2) is 4.34 Å². The topological polar surface area (TPSA) is 98.0 Å². The zero-order chi connectivity index (χ0) is 19.8. The van der Waals surface area contributed by atoms with E-state index in [0.29, 0.717) is 21.0 Å². The van der Waals surface area contributed by atoms with Gasteiger partial charge in [0.2, 0.25) is 11.0 Å². The molecule has 0 radical (unpaired) electrons. The first-order valence-electron chi connectivity index (χ1n) is 8.21. The number of carbonyl (C=O) groups is 1. The first-order valence-corrected chi connectivity index (χ1v) is 11.2. The molecule has 3 aromatic rings. The van der Waals surface area contributed by atoms with Gasteiger partial charge in [0, 0.05) is 23.6 Å². The minimum Gasteiger partial charge on any atom is -0.300 e. The van der Waals surface area contributed by atoms with Crippen molar-refractivity contribution < 1.29 is 9.72 Å². The predicted molar refractivity (Wildman–Crippen MR) is 114 cm³/mol. The van der Waals surface area contributed by atoms with Crippen LogP contribution in [0.5, 0.6) is 0 Å². The number of aromatic nitrogens is 2. The fourth-order valence-corrected chi connectivity index (χ4v) is 4.71. The van der Waals surface area contributed by atoms with Crippen molar-refractivity contribution in [2.45, 2.75) is 15.8 Å². The van der Waals surface area contributed by atoms with E-state index in [-0.39, 0.29) is 11.6 Å². The summed E-state index contributed by atoms with van der Waals surface area (Å²) in [5, 5.41) is 22.1. The Morgan fingerprint density at radius 3 is 2.64 bits per heavy atom. The quantitative estimate of drug-likeness (QED) is 0.228. The number of rotatable bonds is 9.